The van der Waals surface area contributed by atoms with Crippen LogP contribution in [0.15, 0.2) is 60.7 Å². The van der Waals surface area contributed by atoms with Crippen LogP contribution in [0.4, 0.5) is 0 Å². The minimum Gasteiger partial charge on any atom is -0.448 e. The van der Waals surface area contributed by atoms with Crippen molar-refractivity contribution in [3.63, 3.8) is 0 Å². The summed E-state index contributed by atoms with van der Waals surface area (Å²) in [6, 6.07) is 19.0. The topological polar surface area (TPSA) is 46.6 Å². The highest BCUT2D eigenvalue weighted by Crippen LogP contribution is 2.47. The van der Waals surface area contributed by atoms with Crippen molar-refractivity contribution in [2.24, 2.45) is 5.92 Å². The van der Waals surface area contributed by atoms with Gasteiger partial charge in [-0.2, -0.15) is 0 Å². The summed E-state index contributed by atoms with van der Waals surface area (Å²) in [4.78, 5) is 26.4. The van der Waals surface area contributed by atoms with Gasteiger partial charge < -0.3 is 9.64 Å². The zero-order chi connectivity index (χ0) is 16.4. The van der Waals surface area contributed by atoms with E-state index in [1.54, 1.807) is 14.1 Å². The van der Waals surface area contributed by atoms with Crippen LogP contribution < -0.4 is 0 Å². The summed E-state index contributed by atoms with van der Waals surface area (Å²) in [5.74, 6) is -1.03. The molecule has 0 spiro atoms. The number of amides is 1. The van der Waals surface area contributed by atoms with Crippen LogP contribution in [0.3, 0.4) is 0 Å². The van der Waals surface area contributed by atoms with Gasteiger partial charge in [-0.05, 0) is 0 Å². The van der Waals surface area contributed by atoms with Crippen molar-refractivity contribution < 1.29 is 14.3 Å². The first-order valence-corrected chi connectivity index (χ1v) is 7.60. The lowest BCUT2D eigenvalue weighted by Crippen LogP contribution is -2.43. The van der Waals surface area contributed by atoms with Gasteiger partial charge in [0.1, 0.15) is 0 Å². The van der Waals surface area contributed by atoms with Gasteiger partial charge in [-0.15, -0.1) is 0 Å². The van der Waals surface area contributed by atoms with Gasteiger partial charge in [-0.3, -0.25) is 9.59 Å². The molecule has 4 heteroatoms. The van der Waals surface area contributed by atoms with Gasteiger partial charge in [0, 0.05) is 25.2 Å². The summed E-state index contributed by atoms with van der Waals surface area (Å²) in [7, 11) is 3.40. The van der Waals surface area contributed by atoms with Gasteiger partial charge in [0.2, 0.25) is 5.91 Å². The van der Waals surface area contributed by atoms with Crippen LogP contribution in [0, 0.1) is 5.92 Å². The van der Waals surface area contributed by atoms with Crippen LogP contribution in [-0.2, 0) is 19.9 Å². The largest absolute Gasteiger partial charge is 0.448 e. The summed E-state index contributed by atoms with van der Waals surface area (Å²) < 4.78 is 5.82. The maximum atomic E-state index is 12.7. The predicted octanol–water partition coefficient (Wildman–Crippen LogP) is 2.58. The van der Waals surface area contributed by atoms with Crippen molar-refractivity contribution in [3.05, 3.63) is 71.8 Å². The Balaban J connectivity index is 2.23. The van der Waals surface area contributed by atoms with E-state index in [1.165, 1.54) is 4.90 Å². The lowest BCUT2D eigenvalue weighted by atomic mass is 9.75. The maximum Gasteiger partial charge on any atom is 0.308 e. The van der Waals surface area contributed by atoms with E-state index in [0.717, 1.165) is 11.1 Å². The smallest absolute Gasteiger partial charge is 0.308 e. The highest BCUT2D eigenvalue weighted by Gasteiger charge is 2.55. The molecule has 2 aromatic carbocycles. The number of hydrogen-bond donors (Lipinski definition) is 0. The van der Waals surface area contributed by atoms with E-state index >= 15 is 0 Å². The second kappa shape index (κ2) is 5.88. The molecule has 0 bridgehead atoms. The Morgan fingerprint density at radius 1 is 1.00 bits per heavy atom. The van der Waals surface area contributed by atoms with Gasteiger partial charge in [-0.25, -0.2) is 0 Å². The third-order valence-corrected chi connectivity index (χ3v) is 4.28. The zero-order valence-corrected chi connectivity index (χ0v) is 13.2. The number of ether oxygens (including phenoxy) is 1. The molecular weight excluding hydrogens is 290 g/mol. The molecule has 4 nitrogen and oxygen atoms in total. The fraction of sp³-hybridized carbons (Fsp3) is 0.263. The van der Waals surface area contributed by atoms with Gasteiger partial charge >= 0.3 is 5.97 Å². The quantitative estimate of drug-likeness (QED) is 0.819. The normalized spacial score (nSPS) is 19.2. The summed E-state index contributed by atoms with van der Waals surface area (Å²) in [5, 5.41) is 0. The van der Waals surface area contributed by atoms with Crippen molar-refractivity contribution in [1.29, 1.82) is 0 Å². The van der Waals surface area contributed by atoms with Gasteiger partial charge in [0.15, 0.2) is 5.60 Å². The first kappa shape index (κ1) is 15.3. The molecule has 0 radical (unpaired) electrons. The number of carbonyl (C=O) groups is 2. The molecule has 1 fully saturated rings. The Morgan fingerprint density at radius 3 is 1.91 bits per heavy atom. The number of nitrogens with zero attached hydrogens (tertiary/aromatic N) is 1. The molecule has 118 valence electrons. The van der Waals surface area contributed by atoms with E-state index in [4.69, 9.17) is 4.74 Å². The molecule has 1 atom stereocenters. The lowest BCUT2D eigenvalue weighted by Gasteiger charge is -2.35. The molecule has 1 aliphatic heterocycles. The second-order valence-corrected chi connectivity index (χ2v) is 5.93. The lowest BCUT2D eigenvalue weighted by molar-refractivity contribution is -0.148. The summed E-state index contributed by atoms with van der Waals surface area (Å²) in [6.45, 7) is 0. The number of rotatable bonds is 3. The molecule has 0 aliphatic carbocycles. The molecule has 1 saturated heterocycles. The Hall–Kier alpha value is -2.62. The van der Waals surface area contributed by atoms with Crippen LogP contribution in [0.2, 0.25) is 0 Å². The first-order chi connectivity index (χ1) is 11.1. The molecule has 0 N–H and O–H groups in total. The molecule has 1 unspecified atom stereocenters. The molecule has 1 aliphatic rings. The Kier molecular flexibility index (Phi) is 3.90. The molecule has 3 rings (SSSR count). The Bertz CT molecular complexity index is 670. The third kappa shape index (κ3) is 2.50. The predicted molar refractivity (Wildman–Crippen MR) is 86.6 cm³/mol. The van der Waals surface area contributed by atoms with Crippen LogP contribution in [0.25, 0.3) is 0 Å². The SMILES string of the molecule is CN(C)C(=O)C1CC(=O)OC1(c1ccccc1)c1ccccc1. The van der Waals surface area contributed by atoms with Crippen molar-refractivity contribution in [2.75, 3.05) is 14.1 Å². The molecule has 23 heavy (non-hydrogen) atoms. The van der Waals surface area contributed by atoms with Gasteiger partial charge in [-0.1, -0.05) is 60.7 Å². The Morgan fingerprint density at radius 2 is 1.48 bits per heavy atom. The molecule has 0 aromatic heterocycles. The highest BCUT2D eigenvalue weighted by atomic mass is 16.6. The minimum absolute atomic E-state index is 0.0841. The van der Waals surface area contributed by atoms with Crippen LogP contribution in [0.1, 0.15) is 17.5 Å². The monoisotopic (exact) mass is 309 g/mol. The fourth-order valence-electron chi connectivity index (χ4n) is 3.23. The first-order valence-electron chi connectivity index (χ1n) is 7.60. The van der Waals surface area contributed by atoms with Crippen LogP contribution >= 0.6 is 0 Å². The van der Waals surface area contributed by atoms with Crippen molar-refractivity contribution in [1.82, 2.24) is 4.90 Å². The molecule has 1 amide bonds. The standard InChI is InChI=1S/C19H19NO3/c1-20(2)18(22)16-13-17(21)23-19(16,14-9-5-3-6-10-14)15-11-7-4-8-12-15/h3-12,16H,13H2,1-2H3. The van der Waals surface area contributed by atoms with Crippen LogP contribution in [0.5, 0.6) is 0 Å². The third-order valence-electron chi connectivity index (χ3n) is 4.28. The van der Waals surface area contributed by atoms with E-state index in [-0.39, 0.29) is 18.3 Å². The molecule has 2 aromatic rings. The van der Waals surface area contributed by atoms with Crippen molar-refractivity contribution in [3.8, 4) is 0 Å². The summed E-state index contributed by atoms with van der Waals surface area (Å²) in [6.07, 6.45) is 0.0841. The number of hydrogen-bond acceptors (Lipinski definition) is 3. The Labute approximate surface area is 135 Å². The average molecular weight is 309 g/mol. The number of esters is 1. The number of carbonyl (C=O) groups excluding carboxylic acids is 2. The van der Waals surface area contributed by atoms with Gasteiger partial charge in [0.05, 0.1) is 12.3 Å². The molecule has 0 saturated carbocycles. The maximum absolute atomic E-state index is 12.7. The summed E-state index contributed by atoms with van der Waals surface area (Å²) in [5.41, 5.74) is 0.565. The molecule has 1 heterocycles. The van der Waals surface area contributed by atoms with Crippen molar-refractivity contribution in [2.45, 2.75) is 12.0 Å². The summed E-state index contributed by atoms with van der Waals surface area (Å²) >= 11 is 0. The highest BCUT2D eigenvalue weighted by molar-refractivity contribution is 5.89. The van der Waals surface area contributed by atoms with E-state index in [2.05, 4.69) is 0 Å². The van der Waals surface area contributed by atoms with E-state index < -0.39 is 11.5 Å². The fourth-order valence-corrected chi connectivity index (χ4v) is 3.23. The minimum atomic E-state index is -1.07. The van der Waals surface area contributed by atoms with Crippen LogP contribution in [-0.4, -0.2) is 30.9 Å². The van der Waals surface area contributed by atoms with E-state index in [0.29, 0.717) is 0 Å². The molecular formula is C19H19NO3. The number of benzene rings is 2. The number of cyclic esters (lactones) is 1. The van der Waals surface area contributed by atoms with Crippen molar-refractivity contribution >= 4 is 11.9 Å². The van der Waals surface area contributed by atoms with E-state index in [9.17, 15) is 9.59 Å². The van der Waals surface area contributed by atoms with E-state index in [1.807, 2.05) is 60.7 Å². The average Bonchev–Trinajstić information content (AvgIpc) is 2.94. The van der Waals surface area contributed by atoms with Gasteiger partial charge in [0.25, 0.3) is 0 Å². The zero-order valence-electron chi connectivity index (χ0n) is 13.2. The second-order valence-electron chi connectivity index (χ2n) is 5.93.